The molecular formula is C21H26N2O3S. The van der Waals surface area contributed by atoms with Crippen molar-refractivity contribution in [1.29, 1.82) is 0 Å². The highest BCUT2D eigenvalue weighted by atomic mass is 32.1. The normalized spacial score (nSPS) is 13.4. The Morgan fingerprint density at radius 3 is 2.93 bits per heavy atom. The van der Waals surface area contributed by atoms with Crippen LogP contribution in [0.25, 0.3) is 6.08 Å². The van der Waals surface area contributed by atoms with Crippen molar-refractivity contribution >= 4 is 23.3 Å². The van der Waals surface area contributed by atoms with Gasteiger partial charge in [0.2, 0.25) is 5.91 Å². The molecule has 2 aromatic rings. The fraction of sp³-hybridized carbons (Fsp3) is 0.429. The van der Waals surface area contributed by atoms with Crippen molar-refractivity contribution in [3.05, 3.63) is 45.4 Å². The second-order valence-electron chi connectivity index (χ2n) is 6.40. The summed E-state index contributed by atoms with van der Waals surface area (Å²) in [6.45, 7) is 3.11. The number of methoxy groups -OCH3 is 1. The van der Waals surface area contributed by atoms with Gasteiger partial charge in [0.25, 0.3) is 0 Å². The molecule has 1 aromatic carbocycles. The number of nitrogens with zero attached hydrogens (tertiary/aromatic N) is 1. The zero-order valence-electron chi connectivity index (χ0n) is 15.9. The van der Waals surface area contributed by atoms with E-state index < -0.39 is 0 Å². The number of carbonyl (C=O) groups is 1. The monoisotopic (exact) mass is 386 g/mol. The standard InChI is InChI=1S/C21H26N2O3S/c1-3-26-17-10-8-15(14-18(17)25-2)9-11-20(24)22-13-12-21-23-16-6-4-5-7-19(16)27-21/h8-11,14H,3-7,12-13H2,1-2H3,(H,22,24)/b11-9+. The van der Waals surface area contributed by atoms with Crippen molar-refractivity contribution in [2.24, 2.45) is 0 Å². The first kappa shape index (κ1) is 19.4. The van der Waals surface area contributed by atoms with Crippen LogP contribution in [0, 0.1) is 0 Å². The number of carbonyl (C=O) groups excluding carboxylic acids is 1. The third-order valence-electron chi connectivity index (χ3n) is 4.44. The Balaban J connectivity index is 1.49. The van der Waals surface area contributed by atoms with Crippen LogP contribution in [0.3, 0.4) is 0 Å². The van der Waals surface area contributed by atoms with Gasteiger partial charge in [-0.2, -0.15) is 0 Å². The number of aryl methyl sites for hydroxylation is 2. The van der Waals surface area contributed by atoms with E-state index in [0.29, 0.717) is 24.7 Å². The maximum absolute atomic E-state index is 12.1. The van der Waals surface area contributed by atoms with E-state index in [-0.39, 0.29) is 5.91 Å². The van der Waals surface area contributed by atoms with Crippen LogP contribution in [0.1, 0.15) is 40.9 Å². The molecule has 1 N–H and O–H groups in total. The van der Waals surface area contributed by atoms with E-state index in [0.717, 1.165) is 29.8 Å². The van der Waals surface area contributed by atoms with Gasteiger partial charge in [0.1, 0.15) is 0 Å². The summed E-state index contributed by atoms with van der Waals surface area (Å²) in [6.07, 6.45) is 8.88. The Morgan fingerprint density at radius 2 is 2.15 bits per heavy atom. The fourth-order valence-electron chi connectivity index (χ4n) is 3.10. The van der Waals surface area contributed by atoms with Gasteiger partial charge in [0.15, 0.2) is 11.5 Å². The molecule has 1 aliphatic carbocycles. The number of fused-ring (bicyclic) bond motifs is 1. The lowest BCUT2D eigenvalue weighted by Gasteiger charge is -2.09. The molecule has 144 valence electrons. The lowest BCUT2D eigenvalue weighted by Crippen LogP contribution is -2.23. The number of nitrogens with one attached hydrogen (secondary N) is 1. The summed E-state index contributed by atoms with van der Waals surface area (Å²) in [5, 5.41) is 4.05. The lowest BCUT2D eigenvalue weighted by atomic mass is 10.0. The molecule has 0 unspecified atom stereocenters. The first-order chi connectivity index (χ1) is 13.2. The number of hydrogen-bond acceptors (Lipinski definition) is 5. The second-order valence-corrected chi connectivity index (χ2v) is 7.57. The van der Waals surface area contributed by atoms with Gasteiger partial charge in [-0.3, -0.25) is 4.79 Å². The van der Waals surface area contributed by atoms with Gasteiger partial charge in [-0.25, -0.2) is 4.98 Å². The number of aromatic nitrogens is 1. The van der Waals surface area contributed by atoms with E-state index in [9.17, 15) is 4.79 Å². The minimum Gasteiger partial charge on any atom is -0.493 e. The summed E-state index contributed by atoms with van der Waals surface area (Å²) < 4.78 is 10.8. The van der Waals surface area contributed by atoms with Gasteiger partial charge in [-0.05, 0) is 56.4 Å². The van der Waals surface area contributed by atoms with Crippen molar-refractivity contribution in [2.75, 3.05) is 20.3 Å². The number of benzene rings is 1. The topological polar surface area (TPSA) is 60.5 Å². The molecule has 3 rings (SSSR count). The zero-order valence-corrected chi connectivity index (χ0v) is 16.7. The molecule has 0 aliphatic heterocycles. The number of rotatable bonds is 8. The second kappa shape index (κ2) is 9.55. The molecule has 27 heavy (non-hydrogen) atoms. The Morgan fingerprint density at radius 1 is 1.30 bits per heavy atom. The number of ether oxygens (including phenoxy) is 2. The number of thiazole rings is 1. The summed E-state index contributed by atoms with van der Waals surface area (Å²) in [5.74, 6) is 1.25. The average molecular weight is 387 g/mol. The Labute approximate surface area is 164 Å². The Bertz CT molecular complexity index is 790. The van der Waals surface area contributed by atoms with Crippen LogP contribution in [0.2, 0.25) is 0 Å². The molecular weight excluding hydrogens is 360 g/mol. The molecule has 1 amide bonds. The molecule has 6 heteroatoms. The van der Waals surface area contributed by atoms with Gasteiger partial charge in [-0.1, -0.05) is 6.07 Å². The Kier molecular flexibility index (Phi) is 6.87. The quantitative estimate of drug-likeness (QED) is 0.701. The van der Waals surface area contributed by atoms with Gasteiger partial charge < -0.3 is 14.8 Å². The van der Waals surface area contributed by atoms with Crippen molar-refractivity contribution in [3.8, 4) is 11.5 Å². The first-order valence-corrected chi connectivity index (χ1v) is 10.3. The molecule has 0 spiro atoms. The van der Waals surface area contributed by atoms with Crippen molar-refractivity contribution in [3.63, 3.8) is 0 Å². The first-order valence-electron chi connectivity index (χ1n) is 9.43. The van der Waals surface area contributed by atoms with Crippen LogP contribution in [-0.4, -0.2) is 31.2 Å². The van der Waals surface area contributed by atoms with Crippen LogP contribution in [0.15, 0.2) is 24.3 Å². The molecule has 0 atom stereocenters. The van der Waals surface area contributed by atoms with Crippen LogP contribution in [-0.2, 0) is 24.1 Å². The zero-order chi connectivity index (χ0) is 19.1. The highest BCUT2D eigenvalue weighted by Crippen LogP contribution is 2.28. The molecule has 0 bridgehead atoms. The van der Waals surface area contributed by atoms with Crippen LogP contribution in [0.4, 0.5) is 0 Å². The van der Waals surface area contributed by atoms with Crippen LogP contribution >= 0.6 is 11.3 Å². The fourth-order valence-corrected chi connectivity index (χ4v) is 4.25. The van der Waals surface area contributed by atoms with Crippen LogP contribution in [0.5, 0.6) is 11.5 Å². The molecule has 0 radical (unpaired) electrons. The SMILES string of the molecule is CCOc1ccc(/C=C/C(=O)NCCc2nc3c(s2)CCCC3)cc1OC. The van der Waals surface area contributed by atoms with Crippen molar-refractivity contribution in [2.45, 2.75) is 39.0 Å². The lowest BCUT2D eigenvalue weighted by molar-refractivity contribution is -0.116. The molecule has 0 fully saturated rings. The van der Waals surface area contributed by atoms with E-state index in [1.165, 1.54) is 23.4 Å². The molecule has 5 nitrogen and oxygen atoms in total. The predicted octanol–water partition coefficient (Wildman–Crippen LogP) is 3.80. The van der Waals surface area contributed by atoms with Crippen molar-refractivity contribution < 1.29 is 14.3 Å². The molecule has 0 saturated carbocycles. The van der Waals surface area contributed by atoms with Gasteiger partial charge in [0, 0.05) is 23.9 Å². The minimum atomic E-state index is -0.107. The van der Waals surface area contributed by atoms with E-state index in [1.807, 2.05) is 25.1 Å². The maximum Gasteiger partial charge on any atom is 0.244 e. The molecule has 1 heterocycles. The van der Waals surface area contributed by atoms with E-state index in [1.54, 1.807) is 30.6 Å². The highest BCUT2D eigenvalue weighted by Gasteiger charge is 2.14. The minimum absolute atomic E-state index is 0.107. The van der Waals surface area contributed by atoms with Gasteiger partial charge in [0.05, 0.1) is 24.4 Å². The van der Waals surface area contributed by atoms with Gasteiger partial charge in [-0.15, -0.1) is 11.3 Å². The van der Waals surface area contributed by atoms with E-state index in [2.05, 4.69) is 5.32 Å². The molecule has 1 aromatic heterocycles. The summed E-state index contributed by atoms with van der Waals surface area (Å²) in [7, 11) is 1.61. The van der Waals surface area contributed by atoms with Crippen LogP contribution < -0.4 is 14.8 Å². The molecule has 0 saturated heterocycles. The van der Waals surface area contributed by atoms with E-state index >= 15 is 0 Å². The summed E-state index contributed by atoms with van der Waals surface area (Å²) in [6, 6.07) is 5.61. The summed E-state index contributed by atoms with van der Waals surface area (Å²) >= 11 is 1.80. The number of hydrogen-bond donors (Lipinski definition) is 1. The van der Waals surface area contributed by atoms with Crippen molar-refractivity contribution in [1.82, 2.24) is 10.3 Å². The number of amides is 1. The maximum atomic E-state index is 12.1. The largest absolute Gasteiger partial charge is 0.493 e. The smallest absolute Gasteiger partial charge is 0.244 e. The molecule has 1 aliphatic rings. The predicted molar refractivity (Wildman–Crippen MR) is 109 cm³/mol. The summed E-state index contributed by atoms with van der Waals surface area (Å²) in [4.78, 5) is 18.2. The third-order valence-corrected chi connectivity index (χ3v) is 5.66. The summed E-state index contributed by atoms with van der Waals surface area (Å²) in [5.41, 5.74) is 2.16. The van der Waals surface area contributed by atoms with Gasteiger partial charge >= 0.3 is 0 Å². The van der Waals surface area contributed by atoms with E-state index in [4.69, 9.17) is 14.5 Å². The highest BCUT2D eigenvalue weighted by molar-refractivity contribution is 7.11. The average Bonchev–Trinajstić information content (AvgIpc) is 3.10. The third kappa shape index (κ3) is 5.32. The Hall–Kier alpha value is -2.34.